The van der Waals surface area contributed by atoms with Crippen LogP contribution in [0.15, 0.2) is 24.3 Å². The number of hydrogen-bond donors (Lipinski definition) is 1. The quantitative estimate of drug-likeness (QED) is 0.854. The van der Waals surface area contributed by atoms with Gasteiger partial charge < -0.3 is 5.11 Å². The van der Waals surface area contributed by atoms with Crippen molar-refractivity contribution in [2.24, 2.45) is 0 Å². The summed E-state index contributed by atoms with van der Waals surface area (Å²) in [5.74, 6) is -1.30. The van der Waals surface area contributed by atoms with E-state index >= 15 is 0 Å². The smallest absolute Gasteiger partial charge is 0.374 e. The highest BCUT2D eigenvalue weighted by molar-refractivity contribution is 7.91. The zero-order chi connectivity index (χ0) is 14.0. The highest BCUT2D eigenvalue weighted by Crippen LogP contribution is 2.29. The molecule has 1 aromatic carbocycles. The largest absolute Gasteiger partial charge is 0.497 e. The molecule has 1 N–H and O–H groups in total. The Morgan fingerprint density at radius 2 is 1.89 bits per heavy atom. The van der Waals surface area contributed by atoms with Crippen LogP contribution in [-0.4, -0.2) is 19.0 Å². The van der Waals surface area contributed by atoms with Gasteiger partial charge in [-0.05, 0) is 11.1 Å². The Morgan fingerprint density at radius 3 is 2.39 bits per heavy atom. The van der Waals surface area contributed by atoms with Gasteiger partial charge in [0.05, 0.1) is 11.8 Å². The number of nitrogens with zero attached hydrogens (tertiary/aromatic N) is 1. The first-order valence-corrected chi connectivity index (χ1v) is 6.29. The van der Waals surface area contributed by atoms with Crippen LogP contribution in [0.3, 0.4) is 0 Å². The molecule has 0 aliphatic rings. The van der Waals surface area contributed by atoms with Gasteiger partial charge >= 0.3 is 5.51 Å². The molecule has 18 heavy (non-hydrogen) atoms. The van der Waals surface area contributed by atoms with Gasteiger partial charge in [-0.1, -0.05) is 24.3 Å². The predicted molar refractivity (Wildman–Crippen MR) is 55.7 cm³/mol. The molecule has 1 rings (SSSR count). The lowest BCUT2D eigenvalue weighted by molar-refractivity contribution is -0.0437. The molecule has 0 amide bonds. The second-order valence-electron chi connectivity index (χ2n) is 3.44. The molecule has 0 aliphatic heterocycles. The highest BCUT2D eigenvalue weighted by Gasteiger charge is 2.45. The first kappa shape index (κ1) is 14.5. The van der Waals surface area contributed by atoms with Crippen LogP contribution in [0.5, 0.6) is 0 Å². The molecular formula is C10H8F3NO3S. The summed E-state index contributed by atoms with van der Waals surface area (Å²) in [4.78, 5) is 0. The van der Waals surface area contributed by atoms with Crippen molar-refractivity contribution >= 4 is 9.84 Å². The lowest BCUT2D eigenvalue weighted by Gasteiger charge is -2.12. The van der Waals surface area contributed by atoms with Crippen LogP contribution >= 0.6 is 0 Å². The van der Waals surface area contributed by atoms with Crippen molar-refractivity contribution in [2.75, 3.05) is 0 Å². The molecule has 1 unspecified atom stereocenters. The van der Waals surface area contributed by atoms with E-state index in [1.165, 1.54) is 24.3 Å². The molecular weight excluding hydrogens is 271 g/mol. The molecule has 0 fully saturated rings. The molecule has 1 aromatic rings. The minimum atomic E-state index is -5.36. The maximum absolute atomic E-state index is 12.2. The van der Waals surface area contributed by atoms with Gasteiger partial charge in [-0.25, -0.2) is 8.42 Å². The van der Waals surface area contributed by atoms with Crippen LogP contribution in [0.25, 0.3) is 0 Å². The third-order valence-electron chi connectivity index (χ3n) is 2.17. The number of alkyl halides is 3. The van der Waals surface area contributed by atoms with Crippen molar-refractivity contribution in [2.45, 2.75) is 17.4 Å². The van der Waals surface area contributed by atoms with Gasteiger partial charge in [-0.3, -0.25) is 0 Å². The topological polar surface area (TPSA) is 78.2 Å². The van der Waals surface area contributed by atoms with Crippen LogP contribution in [0.1, 0.15) is 17.2 Å². The third kappa shape index (κ3) is 3.00. The van der Waals surface area contributed by atoms with Crippen LogP contribution < -0.4 is 0 Å². The van der Waals surface area contributed by atoms with Crippen LogP contribution in [0.4, 0.5) is 13.2 Å². The average Bonchev–Trinajstić information content (AvgIpc) is 2.26. The summed E-state index contributed by atoms with van der Waals surface area (Å²) in [6.45, 7) is 0. The molecule has 0 aliphatic carbocycles. The van der Waals surface area contributed by atoms with Crippen LogP contribution in [-0.2, 0) is 15.6 Å². The first-order valence-electron chi connectivity index (χ1n) is 4.63. The summed E-state index contributed by atoms with van der Waals surface area (Å²) in [5, 5.41) is 17.8. The Bertz CT molecular complexity index is 575. The molecule has 0 aromatic heterocycles. The normalized spacial score (nSPS) is 13.9. The predicted octanol–water partition coefficient (Wildman–Crippen LogP) is 1.68. The molecule has 8 heteroatoms. The number of benzene rings is 1. The molecule has 0 bridgehead atoms. The second kappa shape index (κ2) is 4.96. The number of aliphatic hydroxyl groups is 1. The summed E-state index contributed by atoms with van der Waals surface area (Å²) in [5.41, 5.74) is -5.76. The third-order valence-corrected chi connectivity index (χ3v) is 3.57. The van der Waals surface area contributed by atoms with Gasteiger partial charge in [0, 0.05) is 0 Å². The zero-order valence-corrected chi connectivity index (χ0v) is 9.66. The fourth-order valence-corrected chi connectivity index (χ4v) is 2.12. The number of rotatable bonds is 3. The summed E-state index contributed by atoms with van der Waals surface area (Å²) >= 11 is 0. The SMILES string of the molecule is N#CC(O)c1ccccc1CS(=O)(=O)C(F)(F)F. The standard InChI is InChI=1S/C10H8F3NO3S/c11-10(12,13)18(16,17)6-7-3-1-2-4-8(7)9(15)5-14/h1-4,9,15H,6H2. The monoisotopic (exact) mass is 279 g/mol. The number of sulfone groups is 1. The van der Waals surface area contributed by atoms with Gasteiger partial charge in [0.1, 0.15) is 0 Å². The summed E-state index contributed by atoms with van der Waals surface area (Å²) in [7, 11) is -5.34. The number of aliphatic hydroxyl groups excluding tert-OH is 1. The Kier molecular flexibility index (Phi) is 3.98. The van der Waals surface area contributed by atoms with Gasteiger partial charge in [-0.2, -0.15) is 18.4 Å². The van der Waals surface area contributed by atoms with E-state index in [0.29, 0.717) is 0 Å². The molecule has 0 saturated heterocycles. The van der Waals surface area contributed by atoms with E-state index in [0.717, 1.165) is 6.07 Å². The van der Waals surface area contributed by atoms with Gasteiger partial charge in [0.2, 0.25) is 0 Å². The highest BCUT2D eigenvalue weighted by atomic mass is 32.2. The molecule has 0 saturated carbocycles. The maximum Gasteiger partial charge on any atom is 0.497 e. The minimum Gasteiger partial charge on any atom is -0.374 e. The summed E-state index contributed by atoms with van der Waals surface area (Å²) in [6, 6.07) is 6.47. The van der Waals surface area contributed by atoms with E-state index in [1.807, 2.05) is 0 Å². The zero-order valence-electron chi connectivity index (χ0n) is 8.85. The number of halogens is 3. The Balaban J connectivity index is 3.18. The first-order chi connectivity index (χ1) is 8.19. The molecule has 0 spiro atoms. The van der Waals surface area contributed by atoms with Crippen molar-refractivity contribution in [3.05, 3.63) is 35.4 Å². The maximum atomic E-state index is 12.2. The Labute approximate surface area is 101 Å². The fraction of sp³-hybridized carbons (Fsp3) is 0.300. The Morgan fingerprint density at radius 1 is 1.33 bits per heavy atom. The number of nitriles is 1. The summed E-state index contributed by atoms with van der Waals surface area (Å²) in [6.07, 6.45) is -1.66. The van der Waals surface area contributed by atoms with E-state index in [9.17, 15) is 26.7 Å². The van der Waals surface area contributed by atoms with Gasteiger partial charge in [0.25, 0.3) is 9.84 Å². The molecule has 0 heterocycles. The molecule has 0 radical (unpaired) electrons. The molecule has 4 nitrogen and oxygen atoms in total. The van der Waals surface area contributed by atoms with Crippen molar-refractivity contribution in [1.82, 2.24) is 0 Å². The van der Waals surface area contributed by atoms with Crippen molar-refractivity contribution < 1.29 is 26.7 Å². The van der Waals surface area contributed by atoms with E-state index in [2.05, 4.69) is 0 Å². The average molecular weight is 279 g/mol. The molecule has 1 atom stereocenters. The van der Waals surface area contributed by atoms with Crippen molar-refractivity contribution in [3.63, 3.8) is 0 Å². The van der Waals surface area contributed by atoms with E-state index in [4.69, 9.17) is 5.26 Å². The van der Waals surface area contributed by atoms with Crippen LogP contribution in [0, 0.1) is 11.3 Å². The Hall–Kier alpha value is -1.59. The number of hydrogen-bond acceptors (Lipinski definition) is 4. The van der Waals surface area contributed by atoms with Crippen molar-refractivity contribution in [3.8, 4) is 6.07 Å². The second-order valence-corrected chi connectivity index (χ2v) is 5.42. The lowest BCUT2D eigenvalue weighted by Crippen LogP contribution is -2.25. The van der Waals surface area contributed by atoms with Gasteiger partial charge in [-0.15, -0.1) is 0 Å². The molecule has 98 valence electrons. The minimum absolute atomic E-state index is 0.146. The summed E-state index contributed by atoms with van der Waals surface area (Å²) < 4.78 is 58.6. The lowest BCUT2D eigenvalue weighted by atomic mass is 10.0. The van der Waals surface area contributed by atoms with Crippen LogP contribution in [0.2, 0.25) is 0 Å². The fourth-order valence-electron chi connectivity index (χ4n) is 1.29. The van der Waals surface area contributed by atoms with E-state index in [1.54, 1.807) is 0 Å². The van der Waals surface area contributed by atoms with E-state index < -0.39 is 27.2 Å². The van der Waals surface area contributed by atoms with Crippen molar-refractivity contribution in [1.29, 1.82) is 5.26 Å². The van der Waals surface area contributed by atoms with E-state index in [-0.39, 0.29) is 11.1 Å². The van der Waals surface area contributed by atoms with Gasteiger partial charge in [0.15, 0.2) is 6.10 Å².